The molecule has 1 amide bonds. The molecular formula is C12H15NO5. The number of rotatable bonds is 2. The van der Waals surface area contributed by atoms with Gasteiger partial charge in [0, 0.05) is 13.1 Å². The largest absolute Gasteiger partial charge is 0.507 e. The Morgan fingerprint density at radius 1 is 1.33 bits per heavy atom. The van der Waals surface area contributed by atoms with Crippen LogP contribution in [0.4, 0.5) is 0 Å². The van der Waals surface area contributed by atoms with Gasteiger partial charge in [-0.2, -0.15) is 0 Å². The average molecular weight is 253 g/mol. The van der Waals surface area contributed by atoms with Crippen LogP contribution < -0.4 is 4.74 Å². The van der Waals surface area contributed by atoms with E-state index < -0.39 is 18.1 Å². The maximum Gasteiger partial charge on any atom is 0.257 e. The van der Waals surface area contributed by atoms with E-state index in [1.807, 2.05) is 0 Å². The van der Waals surface area contributed by atoms with Crippen molar-refractivity contribution in [1.29, 1.82) is 0 Å². The number of ether oxygens (including phenoxy) is 1. The molecule has 0 aliphatic carbocycles. The van der Waals surface area contributed by atoms with Crippen LogP contribution in [0.5, 0.6) is 11.5 Å². The summed E-state index contributed by atoms with van der Waals surface area (Å²) in [6.45, 7) is 0.104. The summed E-state index contributed by atoms with van der Waals surface area (Å²) in [6, 6.07) is 4.34. The van der Waals surface area contributed by atoms with Gasteiger partial charge in [0.1, 0.15) is 11.5 Å². The number of aliphatic hydroxyl groups excluding tert-OH is 2. The minimum absolute atomic E-state index is 0.0522. The summed E-state index contributed by atoms with van der Waals surface area (Å²) in [5, 5.41) is 28.5. The van der Waals surface area contributed by atoms with E-state index in [9.17, 15) is 20.1 Å². The third-order valence-corrected chi connectivity index (χ3v) is 2.98. The summed E-state index contributed by atoms with van der Waals surface area (Å²) in [6.07, 6.45) is -1.89. The molecule has 0 aromatic heterocycles. The average Bonchev–Trinajstić information content (AvgIpc) is 2.69. The minimum atomic E-state index is -0.943. The number of hydrogen-bond donors (Lipinski definition) is 3. The number of methoxy groups -OCH3 is 1. The van der Waals surface area contributed by atoms with Crippen LogP contribution in [-0.2, 0) is 0 Å². The van der Waals surface area contributed by atoms with Gasteiger partial charge in [0.05, 0.1) is 24.9 Å². The number of phenolic OH excluding ortho intramolecular Hbond substituents is 1. The number of aromatic hydroxyl groups is 1. The van der Waals surface area contributed by atoms with Crippen LogP contribution in [0.15, 0.2) is 18.2 Å². The van der Waals surface area contributed by atoms with E-state index >= 15 is 0 Å². The molecular weight excluding hydrogens is 238 g/mol. The smallest absolute Gasteiger partial charge is 0.257 e. The topological polar surface area (TPSA) is 90.2 Å². The van der Waals surface area contributed by atoms with E-state index in [0.717, 1.165) is 0 Å². The fraction of sp³-hybridized carbons (Fsp3) is 0.417. The van der Waals surface area contributed by atoms with Gasteiger partial charge in [-0.05, 0) is 18.2 Å². The zero-order valence-corrected chi connectivity index (χ0v) is 9.91. The first-order valence-electron chi connectivity index (χ1n) is 5.55. The van der Waals surface area contributed by atoms with E-state index in [1.165, 1.54) is 24.1 Å². The molecule has 1 saturated heterocycles. The molecule has 1 aliphatic heterocycles. The molecule has 1 aromatic carbocycles. The predicted octanol–water partition coefficient (Wildman–Crippen LogP) is -0.422. The fourth-order valence-electron chi connectivity index (χ4n) is 1.92. The molecule has 0 radical (unpaired) electrons. The van der Waals surface area contributed by atoms with Gasteiger partial charge in [0.2, 0.25) is 0 Å². The summed E-state index contributed by atoms with van der Waals surface area (Å²) < 4.78 is 4.98. The van der Waals surface area contributed by atoms with Crippen molar-refractivity contribution in [1.82, 2.24) is 4.90 Å². The number of benzene rings is 1. The highest BCUT2D eigenvalue weighted by Crippen LogP contribution is 2.25. The molecule has 98 valence electrons. The number of phenols is 1. The molecule has 2 atom stereocenters. The first-order valence-corrected chi connectivity index (χ1v) is 5.55. The van der Waals surface area contributed by atoms with Crippen LogP contribution in [0.2, 0.25) is 0 Å². The van der Waals surface area contributed by atoms with Crippen molar-refractivity contribution >= 4 is 5.91 Å². The van der Waals surface area contributed by atoms with Gasteiger partial charge in [-0.15, -0.1) is 0 Å². The molecule has 1 aromatic rings. The Kier molecular flexibility index (Phi) is 3.40. The van der Waals surface area contributed by atoms with Gasteiger partial charge in [0.25, 0.3) is 5.91 Å². The summed E-state index contributed by atoms with van der Waals surface area (Å²) >= 11 is 0. The molecule has 1 aliphatic rings. The van der Waals surface area contributed by atoms with Crippen molar-refractivity contribution in [3.63, 3.8) is 0 Å². The normalized spacial score (nSPS) is 23.2. The zero-order valence-electron chi connectivity index (χ0n) is 9.91. The molecule has 6 heteroatoms. The number of carbonyl (C=O) groups is 1. The minimum Gasteiger partial charge on any atom is -0.507 e. The number of aliphatic hydroxyl groups is 2. The van der Waals surface area contributed by atoms with Crippen molar-refractivity contribution in [3.05, 3.63) is 23.8 Å². The predicted molar refractivity (Wildman–Crippen MR) is 62.6 cm³/mol. The lowest BCUT2D eigenvalue weighted by Crippen LogP contribution is -2.29. The van der Waals surface area contributed by atoms with Gasteiger partial charge < -0.3 is 25.0 Å². The summed E-state index contributed by atoms with van der Waals surface area (Å²) in [7, 11) is 1.46. The molecule has 2 rings (SSSR count). The maximum absolute atomic E-state index is 12.1. The summed E-state index contributed by atoms with van der Waals surface area (Å²) in [5.41, 5.74) is 0.0932. The molecule has 1 heterocycles. The third-order valence-electron chi connectivity index (χ3n) is 2.98. The Labute approximate surface area is 104 Å². The lowest BCUT2D eigenvalue weighted by molar-refractivity contribution is 0.0572. The number of likely N-dealkylation sites (tertiary alicyclic amines) is 1. The monoisotopic (exact) mass is 253 g/mol. The summed E-state index contributed by atoms with van der Waals surface area (Å²) in [5.74, 6) is -0.143. The molecule has 0 saturated carbocycles. The van der Waals surface area contributed by atoms with Crippen LogP contribution in [-0.4, -0.2) is 58.5 Å². The van der Waals surface area contributed by atoms with E-state index in [4.69, 9.17) is 4.74 Å². The van der Waals surface area contributed by atoms with Crippen molar-refractivity contribution in [2.75, 3.05) is 20.2 Å². The first-order chi connectivity index (χ1) is 8.52. The lowest BCUT2D eigenvalue weighted by Gasteiger charge is -2.16. The lowest BCUT2D eigenvalue weighted by atomic mass is 10.1. The fourth-order valence-corrected chi connectivity index (χ4v) is 1.92. The maximum atomic E-state index is 12.1. The number of hydrogen-bond acceptors (Lipinski definition) is 5. The van der Waals surface area contributed by atoms with Crippen molar-refractivity contribution in [3.8, 4) is 11.5 Å². The summed E-state index contributed by atoms with van der Waals surface area (Å²) in [4.78, 5) is 13.4. The molecule has 2 unspecified atom stereocenters. The van der Waals surface area contributed by atoms with Gasteiger partial charge in [0.15, 0.2) is 0 Å². The molecule has 18 heavy (non-hydrogen) atoms. The van der Waals surface area contributed by atoms with Gasteiger partial charge in [-0.25, -0.2) is 0 Å². The Morgan fingerprint density at radius 3 is 2.50 bits per heavy atom. The number of carbonyl (C=O) groups excluding carboxylic acids is 1. The highest BCUT2D eigenvalue weighted by Gasteiger charge is 2.33. The van der Waals surface area contributed by atoms with Crippen molar-refractivity contribution in [2.24, 2.45) is 0 Å². The van der Waals surface area contributed by atoms with Crippen LogP contribution in [0.25, 0.3) is 0 Å². The van der Waals surface area contributed by atoms with Crippen LogP contribution in [0.1, 0.15) is 10.4 Å². The quantitative estimate of drug-likeness (QED) is 0.666. The highest BCUT2D eigenvalue weighted by atomic mass is 16.5. The van der Waals surface area contributed by atoms with Crippen LogP contribution in [0.3, 0.4) is 0 Å². The molecule has 0 spiro atoms. The molecule has 1 fully saturated rings. The molecule has 0 bridgehead atoms. The van der Waals surface area contributed by atoms with Gasteiger partial charge in [-0.1, -0.05) is 0 Å². The van der Waals surface area contributed by atoms with Crippen LogP contribution in [0, 0.1) is 0 Å². The Balaban J connectivity index is 2.23. The van der Waals surface area contributed by atoms with Crippen LogP contribution >= 0.6 is 0 Å². The SMILES string of the molecule is COc1ccc(O)c(C(=O)N2CC(O)C(O)C2)c1. The standard InChI is InChI=1S/C12H15NO5/c1-18-7-2-3-9(14)8(4-7)12(17)13-5-10(15)11(16)6-13/h2-4,10-11,14-16H,5-6H2,1H3. The number of β-amino-alcohol motifs (C(OH)–C–C–N with tert-alkyl or cyclic N) is 2. The second-order valence-corrected chi connectivity index (χ2v) is 4.23. The number of nitrogens with zero attached hydrogens (tertiary/aromatic N) is 1. The van der Waals surface area contributed by atoms with E-state index in [1.54, 1.807) is 6.07 Å². The third kappa shape index (κ3) is 2.25. The van der Waals surface area contributed by atoms with Gasteiger partial charge >= 0.3 is 0 Å². The van der Waals surface area contributed by atoms with Crippen molar-refractivity contribution in [2.45, 2.75) is 12.2 Å². The Bertz CT molecular complexity index is 452. The Hall–Kier alpha value is -1.79. The Morgan fingerprint density at radius 2 is 1.94 bits per heavy atom. The van der Waals surface area contributed by atoms with E-state index in [0.29, 0.717) is 5.75 Å². The second kappa shape index (κ2) is 4.83. The highest BCUT2D eigenvalue weighted by molar-refractivity contribution is 5.97. The van der Waals surface area contributed by atoms with E-state index in [-0.39, 0.29) is 24.4 Å². The van der Waals surface area contributed by atoms with E-state index in [2.05, 4.69) is 0 Å². The zero-order chi connectivity index (χ0) is 13.3. The van der Waals surface area contributed by atoms with Gasteiger partial charge in [-0.3, -0.25) is 4.79 Å². The molecule has 3 N–H and O–H groups in total. The molecule has 6 nitrogen and oxygen atoms in total. The first kappa shape index (κ1) is 12.7. The number of amides is 1. The van der Waals surface area contributed by atoms with Crippen molar-refractivity contribution < 1.29 is 24.9 Å². The second-order valence-electron chi connectivity index (χ2n) is 4.23.